The molecule has 1 atom stereocenters. The molecule has 2 aromatic heterocycles. The van der Waals surface area contributed by atoms with E-state index in [0.717, 1.165) is 43.0 Å². The molecule has 0 saturated carbocycles. The van der Waals surface area contributed by atoms with Crippen molar-refractivity contribution in [3.63, 3.8) is 0 Å². The number of hydrogen-bond acceptors (Lipinski definition) is 4. The van der Waals surface area contributed by atoms with E-state index < -0.39 is 0 Å². The van der Waals surface area contributed by atoms with Gasteiger partial charge in [0.1, 0.15) is 5.82 Å². The normalized spacial score (nSPS) is 20.6. The number of fused-ring (bicyclic) bond motifs is 1. The summed E-state index contributed by atoms with van der Waals surface area (Å²) in [7, 11) is 0. The van der Waals surface area contributed by atoms with E-state index in [-0.39, 0.29) is 6.10 Å². The maximum absolute atomic E-state index is 5.75. The molecule has 0 radical (unpaired) electrons. The van der Waals surface area contributed by atoms with Gasteiger partial charge in [0.25, 0.3) is 0 Å². The van der Waals surface area contributed by atoms with Gasteiger partial charge in [-0.3, -0.25) is 4.40 Å². The van der Waals surface area contributed by atoms with E-state index in [1.54, 1.807) is 0 Å². The maximum Gasteiger partial charge on any atom is 0.160 e. The Bertz CT molecular complexity index is 502. The molecular formula is C11H14N4O. The molecule has 0 aromatic carbocycles. The van der Waals surface area contributed by atoms with Gasteiger partial charge in [-0.05, 0) is 25.0 Å². The van der Waals surface area contributed by atoms with Gasteiger partial charge in [0.2, 0.25) is 0 Å². The monoisotopic (exact) mass is 218 g/mol. The highest BCUT2D eigenvalue weighted by Crippen LogP contribution is 2.17. The van der Waals surface area contributed by atoms with Crippen molar-refractivity contribution in [2.24, 2.45) is 0 Å². The maximum atomic E-state index is 5.75. The van der Waals surface area contributed by atoms with E-state index in [1.807, 2.05) is 22.7 Å². The molecular weight excluding hydrogens is 204 g/mol. The fourth-order valence-electron chi connectivity index (χ4n) is 2.10. The Morgan fingerprint density at radius 2 is 2.38 bits per heavy atom. The minimum Gasteiger partial charge on any atom is -0.398 e. The standard InChI is InChI=1S/C11H14N4O/c12-8-3-4-10-13-14-11(15(10)7-8)6-9-2-1-5-16-9/h3-4,7,9H,1-2,5-6,12H2. The van der Waals surface area contributed by atoms with Crippen molar-refractivity contribution in [1.29, 1.82) is 0 Å². The van der Waals surface area contributed by atoms with Gasteiger partial charge in [0, 0.05) is 24.9 Å². The Labute approximate surface area is 93.2 Å². The molecule has 5 heteroatoms. The quantitative estimate of drug-likeness (QED) is 0.817. The molecule has 2 aromatic rings. The fraction of sp³-hybridized carbons (Fsp3) is 0.455. The summed E-state index contributed by atoms with van der Waals surface area (Å²) >= 11 is 0. The van der Waals surface area contributed by atoms with Gasteiger partial charge in [-0.1, -0.05) is 0 Å². The molecule has 1 aliphatic heterocycles. The van der Waals surface area contributed by atoms with Crippen molar-refractivity contribution < 1.29 is 4.74 Å². The summed E-state index contributed by atoms with van der Waals surface area (Å²) in [6.45, 7) is 0.865. The highest BCUT2D eigenvalue weighted by atomic mass is 16.5. The summed E-state index contributed by atoms with van der Waals surface area (Å²) in [6, 6.07) is 3.71. The zero-order valence-corrected chi connectivity index (χ0v) is 8.97. The Hall–Kier alpha value is -1.62. The molecule has 0 spiro atoms. The van der Waals surface area contributed by atoms with Crippen LogP contribution in [0.4, 0.5) is 5.69 Å². The van der Waals surface area contributed by atoms with Crippen molar-refractivity contribution >= 4 is 11.3 Å². The minimum absolute atomic E-state index is 0.286. The lowest BCUT2D eigenvalue weighted by Crippen LogP contribution is -2.11. The van der Waals surface area contributed by atoms with Crippen molar-refractivity contribution in [2.45, 2.75) is 25.4 Å². The summed E-state index contributed by atoms with van der Waals surface area (Å²) in [5, 5.41) is 8.28. The molecule has 1 fully saturated rings. The summed E-state index contributed by atoms with van der Waals surface area (Å²) < 4.78 is 7.53. The van der Waals surface area contributed by atoms with Crippen molar-refractivity contribution in [3.8, 4) is 0 Å². The predicted molar refractivity (Wildman–Crippen MR) is 60.1 cm³/mol. The van der Waals surface area contributed by atoms with E-state index >= 15 is 0 Å². The lowest BCUT2D eigenvalue weighted by atomic mass is 10.2. The van der Waals surface area contributed by atoms with Crippen molar-refractivity contribution in [2.75, 3.05) is 12.3 Å². The Morgan fingerprint density at radius 1 is 1.44 bits per heavy atom. The molecule has 1 aliphatic rings. The lowest BCUT2D eigenvalue weighted by Gasteiger charge is -2.07. The van der Waals surface area contributed by atoms with E-state index in [4.69, 9.17) is 10.5 Å². The first-order valence-electron chi connectivity index (χ1n) is 5.54. The number of rotatable bonds is 2. The van der Waals surface area contributed by atoms with Gasteiger partial charge >= 0.3 is 0 Å². The second-order valence-corrected chi connectivity index (χ2v) is 4.15. The van der Waals surface area contributed by atoms with E-state index in [9.17, 15) is 0 Å². The van der Waals surface area contributed by atoms with Crippen LogP contribution in [-0.4, -0.2) is 27.3 Å². The van der Waals surface area contributed by atoms with E-state index in [2.05, 4.69) is 10.2 Å². The Balaban J connectivity index is 1.93. The molecule has 0 bridgehead atoms. The van der Waals surface area contributed by atoms with Crippen LogP contribution < -0.4 is 5.73 Å². The number of anilines is 1. The summed E-state index contributed by atoms with van der Waals surface area (Å²) in [5.74, 6) is 0.925. The van der Waals surface area contributed by atoms with Crippen LogP contribution in [0.2, 0.25) is 0 Å². The summed E-state index contributed by atoms with van der Waals surface area (Å²) in [5.41, 5.74) is 7.31. The van der Waals surface area contributed by atoms with Gasteiger partial charge in [0.05, 0.1) is 6.10 Å². The molecule has 84 valence electrons. The smallest absolute Gasteiger partial charge is 0.160 e. The predicted octanol–water partition coefficient (Wildman–Crippen LogP) is 1.03. The highest BCUT2D eigenvalue weighted by molar-refractivity contribution is 5.47. The molecule has 2 N–H and O–H groups in total. The highest BCUT2D eigenvalue weighted by Gasteiger charge is 2.18. The Kier molecular flexibility index (Phi) is 2.25. The van der Waals surface area contributed by atoms with Crippen LogP contribution >= 0.6 is 0 Å². The fourth-order valence-corrected chi connectivity index (χ4v) is 2.10. The van der Waals surface area contributed by atoms with Crippen LogP contribution in [0.1, 0.15) is 18.7 Å². The van der Waals surface area contributed by atoms with Crippen molar-refractivity contribution in [1.82, 2.24) is 14.6 Å². The number of hydrogen-bond donors (Lipinski definition) is 1. The Morgan fingerprint density at radius 3 is 3.19 bits per heavy atom. The van der Waals surface area contributed by atoms with Crippen LogP contribution in [-0.2, 0) is 11.2 Å². The third kappa shape index (κ3) is 1.63. The minimum atomic E-state index is 0.286. The number of ether oxygens (including phenoxy) is 1. The van der Waals surface area contributed by atoms with Crippen LogP contribution in [0.3, 0.4) is 0 Å². The van der Waals surface area contributed by atoms with Gasteiger partial charge in [-0.25, -0.2) is 0 Å². The number of nitrogen functional groups attached to an aromatic ring is 1. The van der Waals surface area contributed by atoms with Gasteiger partial charge < -0.3 is 10.5 Å². The first kappa shape index (κ1) is 9.59. The number of aromatic nitrogens is 3. The van der Waals surface area contributed by atoms with Crippen LogP contribution in [0, 0.1) is 0 Å². The van der Waals surface area contributed by atoms with Crippen LogP contribution in [0.25, 0.3) is 5.65 Å². The van der Waals surface area contributed by atoms with Gasteiger partial charge in [-0.15, -0.1) is 10.2 Å². The zero-order chi connectivity index (χ0) is 11.0. The summed E-state index contributed by atoms with van der Waals surface area (Å²) in [4.78, 5) is 0. The molecule has 1 saturated heterocycles. The number of nitrogens with two attached hydrogens (primary N) is 1. The van der Waals surface area contributed by atoms with Crippen LogP contribution in [0.5, 0.6) is 0 Å². The molecule has 1 unspecified atom stereocenters. The third-order valence-corrected chi connectivity index (χ3v) is 2.93. The molecule has 0 amide bonds. The molecule has 0 aliphatic carbocycles. The molecule has 3 heterocycles. The van der Waals surface area contributed by atoms with E-state index in [0.29, 0.717) is 0 Å². The first-order chi connectivity index (χ1) is 7.83. The average Bonchev–Trinajstić information content (AvgIpc) is 2.90. The van der Waals surface area contributed by atoms with E-state index in [1.165, 1.54) is 0 Å². The molecule has 3 rings (SSSR count). The number of nitrogens with zero attached hydrogens (tertiary/aromatic N) is 3. The second kappa shape index (κ2) is 3.75. The SMILES string of the molecule is Nc1ccc2nnc(CC3CCCO3)n2c1. The summed E-state index contributed by atoms with van der Waals surface area (Å²) in [6.07, 6.45) is 5.21. The van der Waals surface area contributed by atoms with Crippen LogP contribution in [0.15, 0.2) is 18.3 Å². The zero-order valence-electron chi connectivity index (χ0n) is 8.97. The second-order valence-electron chi connectivity index (χ2n) is 4.15. The average molecular weight is 218 g/mol. The topological polar surface area (TPSA) is 65.4 Å². The largest absolute Gasteiger partial charge is 0.398 e. The third-order valence-electron chi connectivity index (χ3n) is 2.93. The molecule has 5 nitrogen and oxygen atoms in total. The van der Waals surface area contributed by atoms with Crippen molar-refractivity contribution in [3.05, 3.63) is 24.2 Å². The number of pyridine rings is 1. The first-order valence-corrected chi connectivity index (χ1v) is 5.54. The lowest BCUT2D eigenvalue weighted by molar-refractivity contribution is 0.109. The molecule has 16 heavy (non-hydrogen) atoms. The van der Waals surface area contributed by atoms with Gasteiger partial charge in [0.15, 0.2) is 5.65 Å². The van der Waals surface area contributed by atoms with Gasteiger partial charge in [-0.2, -0.15) is 0 Å².